The molecule has 1 aliphatic carbocycles. The largest absolute Gasteiger partial charge is 0.344 e. The molecule has 48 heavy (non-hydrogen) atoms. The van der Waals surface area contributed by atoms with Crippen LogP contribution in [0.1, 0.15) is 67.1 Å². The number of benzene rings is 2. The molecule has 1 aliphatic heterocycles. The van der Waals surface area contributed by atoms with Crippen LogP contribution in [0.2, 0.25) is 5.02 Å². The number of halogens is 1. The highest BCUT2D eigenvalue weighted by atomic mass is 35.5. The van der Waals surface area contributed by atoms with Gasteiger partial charge < -0.3 is 20.9 Å². The molecule has 0 spiro atoms. The van der Waals surface area contributed by atoms with Crippen LogP contribution in [0.4, 0.5) is 5.69 Å². The maximum atomic E-state index is 13.7. The smallest absolute Gasteiger partial charge is 0.270 e. The van der Waals surface area contributed by atoms with Crippen LogP contribution in [-0.2, 0) is 34.4 Å². The van der Waals surface area contributed by atoms with E-state index in [-0.39, 0.29) is 36.0 Å². The molecule has 4 amide bonds. The van der Waals surface area contributed by atoms with Crippen molar-refractivity contribution in [3.8, 4) is 0 Å². The molecule has 1 aromatic heterocycles. The summed E-state index contributed by atoms with van der Waals surface area (Å²) in [7, 11) is 1.70. The van der Waals surface area contributed by atoms with E-state index in [9.17, 15) is 19.2 Å². The molecule has 5 rings (SSSR count). The molecule has 2 heterocycles. The fraction of sp³-hybridized carbons (Fsp3) is 0.472. The summed E-state index contributed by atoms with van der Waals surface area (Å²) in [6, 6.07) is 15.4. The topological polar surface area (TPSA) is 129 Å². The van der Waals surface area contributed by atoms with E-state index in [0.29, 0.717) is 44.0 Å². The molecule has 2 fully saturated rings. The lowest BCUT2D eigenvalue weighted by Crippen LogP contribution is -2.55. The van der Waals surface area contributed by atoms with Crippen molar-refractivity contribution in [2.75, 3.05) is 31.5 Å². The first-order valence-corrected chi connectivity index (χ1v) is 17.3. The molecule has 11 nitrogen and oxygen atoms in total. The average molecular weight is 676 g/mol. The van der Waals surface area contributed by atoms with Gasteiger partial charge in [-0.15, -0.1) is 0 Å². The first kappa shape index (κ1) is 35.1. The van der Waals surface area contributed by atoms with Crippen molar-refractivity contribution in [2.24, 2.45) is 13.0 Å². The van der Waals surface area contributed by atoms with E-state index in [1.165, 1.54) is 4.68 Å². The molecule has 3 aromatic rings. The molecule has 0 radical (unpaired) electrons. The van der Waals surface area contributed by atoms with Crippen molar-refractivity contribution in [1.82, 2.24) is 30.2 Å². The summed E-state index contributed by atoms with van der Waals surface area (Å²) >= 11 is 6.35. The Balaban J connectivity index is 1.20. The summed E-state index contributed by atoms with van der Waals surface area (Å²) < 4.78 is 1.49. The second-order valence-corrected chi connectivity index (χ2v) is 13.2. The number of nitrogens with zero attached hydrogens (tertiary/aromatic N) is 4. The summed E-state index contributed by atoms with van der Waals surface area (Å²) in [5.41, 5.74) is 2.90. The molecule has 2 aromatic carbocycles. The third kappa shape index (κ3) is 9.23. The first-order valence-electron chi connectivity index (χ1n) is 16.9. The zero-order valence-electron chi connectivity index (χ0n) is 27.8. The highest BCUT2D eigenvalue weighted by molar-refractivity contribution is 6.31. The fourth-order valence-corrected chi connectivity index (χ4v) is 6.76. The standard InChI is InChI=1S/C36H46ClN7O4/c1-3-32(45)40-30(36(48)44-21-19-43(20-22-44)24-27-11-7-8-12-29(27)37)23-25-13-15-28(16-14-25)39-35(47)33(26-9-5-4-6-10-26)41-34(46)31-17-18-38-42(31)2/h7-8,11-18,26,30,33H,3-6,9-10,19-24H2,1-2H3,(H,39,47)(H,40,45)(H,41,46)/t30-,33+/m1/s1. The van der Waals surface area contributed by atoms with Crippen LogP contribution >= 0.6 is 11.6 Å². The number of hydrogen-bond donors (Lipinski definition) is 3. The van der Waals surface area contributed by atoms with Crippen LogP contribution in [0.5, 0.6) is 0 Å². The Kier molecular flexibility index (Phi) is 12.2. The minimum absolute atomic E-state index is 0.0437. The van der Waals surface area contributed by atoms with Gasteiger partial charge in [-0.3, -0.25) is 28.8 Å². The second kappa shape index (κ2) is 16.7. The van der Waals surface area contributed by atoms with Gasteiger partial charge in [0.2, 0.25) is 17.7 Å². The van der Waals surface area contributed by atoms with E-state index in [4.69, 9.17) is 11.6 Å². The number of hydrogen-bond acceptors (Lipinski definition) is 6. The van der Waals surface area contributed by atoms with Crippen LogP contribution in [0.3, 0.4) is 0 Å². The average Bonchev–Trinajstić information content (AvgIpc) is 3.54. The fourth-order valence-electron chi connectivity index (χ4n) is 6.57. The normalized spacial score (nSPS) is 16.9. The van der Waals surface area contributed by atoms with Crippen LogP contribution in [0.25, 0.3) is 0 Å². The number of aromatic nitrogens is 2. The van der Waals surface area contributed by atoms with Gasteiger partial charge in [0.15, 0.2) is 0 Å². The zero-order chi connectivity index (χ0) is 34.0. The molecule has 2 aliphatic rings. The maximum Gasteiger partial charge on any atom is 0.270 e. The SMILES string of the molecule is CCC(=O)N[C@H](Cc1ccc(NC(=O)[C@@H](NC(=O)c2ccnn2C)C2CCCCC2)cc1)C(=O)N1CCN(Cc2ccccc2Cl)CC1. The number of anilines is 1. The molecule has 12 heteroatoms. The lowest BCUT2D eigenvalue weighted by atomic mass is 9.83. The number of piperazine rings is 1. The quantitative estimate of drug-likeness (QED) is 0.264. The molecular weight excluding hydrogens is 630 g/mol. The van der Waals surface area contributed by atoms with Crippen molar-refractivity contribution in [2.45, 2.75) is 70.5 Å². The summed E-state index contributed by atoms with van der Waals surface area (Å²) in [4.78, 5) is 56.8. The van der Waals surface area contributed by atoms with Gasteiger partial charge in [0.1, 0.15) is 17.8 Å². The molecule has 1 saturated heterocycles. The Morgan fingerprint density at radius 1 is 0.917 bits per heavy atom. The molecule has 2 atom stereocenters. The monoisotopic (exact) mass is 675 g/mol. The van der Waals surface area contributed by atoms with Crippen molar-refractivity contribution in [3.63, 3.8) is 0 Å². The zero-order valence-corrected chi connectivity index (χ0v) is 28.5. The highest BCUT2D eigenvalue weighted by Crippen LogP contribution is 2.28. The Labute approximate surface area is 287 Å². The third-order valence-corrected chi connectivity index (χ3v) is 9.76. The number of aryl methyl sites for hydroxylation is 1. The summed E-state index contributed by atoms with van der Waals surface area (Å²) in [6.45, 7) is 5.03. The maximum absolute atomic E-state index is 13.7. The third-order valence-electron chi connectivity index (χ3n) is 9.40. The molecular formula is C36H46ClN7O4. The Bertz CT molecular complexity index is 1560. The van der Waals surface area contributed by atoms with Crippen LogP contribution in [0.15, 0.2) is 60.8 Å². The molecule has 1 saturated carbocycles. The molecule has 0 unspecified atom stereocenters. The number of rotatable bonds is 12. The first-order chi connectivity index (χ1) is 23.2. The van der Waals surface area contributed by atoms with E-state index in [0.717, 1.165) is 54.8 Å². The van der Waals surface area contributed by atoms with Crippen molar-refractivity contribution in [3.05, 3.63) is 82.6 Å². The van der Waals surface area contributed by atoms with Crippen LogP contribution < -0.4 is 16.0 Å². The van der Waals surface area contributed by atoms with Crippen LogP contribution in [0, 0.1) is 5.92 Å². The summed E-state index contributed by atoms with van der Waals surface area (Å²) in [5.74, 6) is -0.838. The van der Waals surface area contributed by atoms with Crippen molar-refractivity contribution < 1.29 is 19.2 Å². The van der Waals surface area contributed by atoms with Gasteiger partial charge in [0.05, 0.1) is 0 Å². The van der Waals surface area contributed by atoms with E-state index in [2.05, 4.69) is 25.9 Å². The molecule has 256 valence electrons. The van der Waals surface area contributed by atoms with Gasteiger partial charge >= 0.3 is 0 Å². The molecule has 3 N–H and O–H groups in total. The van der Waals surface area contributed by atoms with Gasteiger partial charge in [-0.25, -0.2) is 0 Å². The number of carbonyl (C=O) groups is 4. The Hall–Kier alpha value is -4.22. The van der Waals surface area contributed by atoms with Gasteiger partial charge in [0.25, 0.3) is 5.91 Å². The van der Waals surface area contributed by atoms with E-state index in [1.807, 2.05) is 41.3 Å². The second-order valence-electron chi connectivity index (χ2n) is 12.7. The Morgan fingerprint density at radius 2 is 1.62 bits per heavy atom. The van der Waals surface area contributed by atoms with Gasteiger partial charge in [-0.05, 0) is 54.2 Å². The van der Waals surface area contributed by atoms with E-state index < -0.39 is 12.1 Å². The van der Waals surface area contributed by atoms with Crippen LogP contribution in [-0.4, -0.2) is 81.5 Å². The van der Waals surface area contributed by atoms with E-state index in [1.54, 1.807) is 38.4 Å². The number of nitrogens with one attached hydrogen (secondary N) is 3. The van der Waals surface area contributed by atoms with Crippen molar-refractivity contribution in [1.29, 1.82) is 0 Å². The predicted octanol–water partition coefficient (Wildman–Crippen LogP) is 4.17. The number of carbonyl (C=O) groups excluding carboxylic acids is 4. The minimum atomic E-state index is -0.703. The van der Waals surface area contributed by atoms with Gasteiger partial charge in [0, 0.05) is 69.5 Å². The predicted molar refractivity (Wildman–Crippen MR) is 185 cm³/mol. The van der Waals surface area contributed by atoms with E-state index >= 15 is 0 Å². The summed E-state index contributed by atoms with van der Waals surface area (Å²) in [6.07, 6.45) is 7.08. The van der Waals surface area contributed by atoms with Gasteiger partial charge in [-0.2, -0.15) is 5.10 Å². The lowest BCUT2D eigenvalue weighted by Gasteiger charge is -2.36. The number of amides is 4. The Morgan fingerprint density at radius 3 is 2.27 bits per heavy atom. The summed E-state index contributed by atoms with van der Waals surface area (Å²) in [5, 5.41) is 13.7. The highest BCUT2D eigenvalue weighted by Gasteiger charge is 2.32. The minimum Gasteiger partial charge on any atom is -0.344 e. The lowest BCUT2D eigenvalue weighted by molar-refractivity contribution is -0.138. The van der Waals surface area contributed by atoms with Crippen molar-refractivity contribution >= 4 is 40.9 Å². The molecule has 0 bridgehead atoms. The van der Waals surface area contributed by atoms with Gasteiger partial charge in [-0.1, -0.05) is 68.1 Å².